The second kappa shape index (κ2) is 8.13. The van der Waals surface area contributed by atoms with Crippen molar-refractivity contribution in [3.8, 4) is 0 Å². The topological polar surface area (TPSA) is 71.3 Å². The number of anilines is 1. The third kappa shape index (κ3) is 4.80. The van der Waals surface area contributed by atoms with Gasteiger partial charge in [0.05, 0.1) is 0 Å². The van der Waals surface area contributed by atoms with E-state index in [1.54, 1.807) is 47.7 Å². The van der Waals surface area contributed by atoms with Crippen LogP contribution in [0.4, 0.5) is 5.69 Å². The molecule has 0 aliphatic carbocycles. The third-order valence-electron chi connectivity index (χ3n) is 3.42. The van der Waals surface area contributed by atoms with E-state index < -0.39 is 0 Å². The molecule has 0 radical (unpaired) electrons. The summed E-state index contributed by atoms with van der Waals surface area (Å²) in [5.74, 6) is -0.355. The van der Waals surface area contributed by atoms with Crippen LogP contribution in [0.3, 0.4) is 0 Å². The van der Waals surface area contributed by atoms with Crippen molar-refractivity contribution in [3.63, 3.8) is 0 Å². The van der Waals surface area contributed by atoms with Gasteiger partial charge in [0, 0.05) is 22.7 Å². The van der Waals surface area contributed by atoms with Gasteiger partial charge in [-0.25, -0.2) is 0 Å². The van der Waals surface area contributed by atoms with Gasteiger partial charge in [-0.15, -0.1) is 11.3 Å². The van der Waals surface area contributed by atoms with Crippen molar-refractivity contribution in [2.45, 2.75) is 6.42 Å². The number of nitrogens with one attached hydrogen (secondary N) is 2. The summed E-state index contributed by atoms with van der Waals surface area (Å²) in [6, 6.07) is 14.0. The third-order valence-corrected chi connectivity index (χ3v) is 4.78. The largest absolute Gasteiger partial charge is 0.444 e. The highest BCUT2D eigenvalue weighted by molar-refractivity contribution is 9.10. The maximum Gasteiger partial charge on any atom is 0.291 e. The van der Waals surface area contributed by atoms with Gasteiger partial charge in [0.25, 0.3) is 11.8 Å². The summed E-state index contributed by atoms with van der Waals surface area (Å²) >= 11 is 4.82. The Hall–Kier alpha value is -2.38. The first-order chi connectivity index (χ1) is 12.1. The Morgan fingerprint density at radius 2 is 1.96 bits per heavy atom. The summed E-state index contributed by atoms with van der Waals surface area (Å²) in [5.41, 5.74) is 1.02. The molecule has 0 bridgehead atoms. The molecule has 0 saturated carbocycles. The van der Waals surface area contributed by atoms with Crippen LogP contribution in [0.1, 0.15) is 25.8 Å². The fraction of sp³-hybridized carbons (Fsp3) is 0.111. The molecular weight excluding hydrogens is 404 g/mol. The van der Waals surface area contributed by atoms with Crippen LogP contribution in [-0.2, 0) is 6.42 Å². The second-order valence-electron chi connectivity index (χ2n) is 5.22. The lowest BCUT2D eigenvalue weighted by Crippen LogP contribution is -2.25. The maximum absolute atomic E-state index is 12.2. The van der Waals surface area contributed by atoms with Crippen molar-refractivity contribution in [1.29, 1.82) is 0 Å². The van der Waals surface area contributed by atoms with Gasteiger partial charge >= 0.3 is 0 Å². The predicted octanol–water partition coefficient (Wildman–Crippen LogP) is 4.33. The number of hydrogen-bond donors (Lipinski definition) is 2. The summed E-state index contributed by atoms with van der Waals surface area (Å²) in [6.45, 7) is 0.566. The number of carbonyl (C=O) groups excluding carboxylic acids is 2. The first-order valence-electron chi connectivity index (χ1n) is 7.59. The molecule has 0 atom stereocenters. The molecule has 2 N–H and O–H groups in total. The van der Waals surface area contributed by atoms with Gasteiger partial charge < -0.3 is 15.1 Å². The van der Waals surface area contributed by atoms with Gasteiger partial charge in [0.2, 0.25) is 0 Å². The summed E-state index contributed by atoms with van der Waals surface area (Å²) in [7, 11) is 0. The van der Waals surface area contributed by atoms with E-state index in [0.29, 0.717) is 22.5 Å². The summed E-state index contributed by atoms with van der Waals surface area (Å²) < 4.78 is 5.69. The normalized spacial score (nSPS) is 10.4. The molecule has 128 valence electrons. The molecule has 0 fully saturated rings. The van der Waals surface area contributed by atoms with Crippen molar-refractivity contribution in [2.75, 3.05) is 11.9 Å². The van der Waals surface area contributed by atoms with Crippen LogP contribution in [0, 0.1) is 0 Å². The van der Waals surface area contributed by atoms with Gasteiger partial charge in [-0.2, -0.15) is 0 Å². The van der Waals surface area contributed by atoms with Crippen molar-refractivity contribution in [2.24, 2.45) is 0 Å². The van der Waals surface area contributed by atoms with E-state index >= 15 is 0 Å². The minimum atomic E-state index is -0.374. The van der Waals surface area contributed by atoms with E-state index in [1.807, 2.05) is 17.5 Å². The lowest BCUT2D eigenvalue weighted by atomic mass is 10.2. The van der Waals surface area contributed by atoms with Crippen LogP contribution in [-0.4, -0.2) is 18.4 Å². The van der Waals surface area contributed by atoms with Crippen LogP contribution in [0.5, 0.6) is 0 Å². The molecule has 3 aromatic rings. The lowest BCUT2D eigenvalue weighted by Gasteiger charge is -2.07. The van der Waals surface area contributed by atoms with Gasteiger partial charge in [-0.05, 0) is 64.1 Å². The molecule has 3 rings (SSSR count). The Morgan fingerprint density at radius 1 is 1.08 bits per heavy atom. The Labute approximate surface area is 157 Å². The number of carbonyl (C=O) groups is 2. The second-order valence-corrected chi connectivity index (χ2v) is 7.04. The molecule has 2 heterocycles. The highest BCUT2D eigenvalue weighted by Crippen LogP contribution is 2.17. The Bertz CT molecular complexity index is 874. The minimum absolute atomic E-state index is 0.173. The van der Waals surface area contributed by atoms with E-state index in [1.165, 1.54) is 4.88 Å². The molecule has 0 aliphatic rings. The number of benzene rings is 1. The maximum atomic E-state index is 12.2. The molecule has 1 aromatic carbocycles. The SMILES string of the molecule is O=C(NCCc1cccs1)c1cccc(NC(=O)c2ccc(Br)o2)c1. The van der Waals surface area contributed by atoms with Crippen molar-refractivity contribution >= 4 is 44.8 Å². The lowest BCUT2D eigenvalue weighted by molar-refractivity contribution is 0.0952. The molecule has 2 aromatic heterocycles. The average molecular weight is 419 g/mol. The summed E-state index contributed by atoms with van der Waals surface area (Å²) in [4.78, 5) is 25.6. The molecule has 2 amide bonds. The zero-order chi connectivity index (χ0) is 17.6. The molecule has 5 nitrogen and oxygen atoms in total. The Balaban J connectivity index is 1.58. The van der Waals surface area contributed by atoms with Crippen LogP contribution in [0.2, 0.25) is 0 Å². The van der Waals surface area contributed by atoms with Crippen LogP contribution >= 0.6 is 27.3 Å². The quantitative estimate of drug-likeness (QED) is 0.625. The molecule has 7 heteroatoms. The average Bonchev–Trinajstić information content (AvgIpc) is 3.26. The molecule has 0 spiro atoms. The fourth-order valence-corrected chi connectivity index (χ4v) is 3.24. The van der Waals surface area contributed by atoms with Crippen LogP contribution in [0.25, 0.3) is 0 Å². The summed E-state index contributed by atoms with van der Waals surface area (Å²) in [5, 5.41) is 7.61. The predicted molar refractivity (Wildman–Crippen MR) is 101 cm³/mol. The zero-order valence-electron chi connectivity index (χ0n) is 13.1. The molecule has 0 unspecified atom stereocenters. The number of thiophene rings is 1. The van der Waals surface area contributed by atoms with Gasteiger partial charge in [-0.1, -0.05) is 12.1 Å². The Kier molecular flexibility index (Phi) is 5.67. The van der Waals surface area contributed by atoms with Crippen molar-refractivity contribution in [1.82, 2.24) is 5.32 Å². The van der Waals surface area contributed by atoms with E-state index in [-0.39, 0.29) is 17.6 Å². The van der Waals surface area contributed by atoms with E-state index in [2.05, 4.69) is 26.6 Å². The number of rotatable bonds is 6. The van der Waals surface area contributed by atoms with Crippen molar-refractivity contribution in [3.05, 3.63) is 74.8 Å². The molecule has 0 aliphatic heterocycles. The molecule has 0 saturated heterocycles. The monoisotopic (exact) mass is 418 g/mol. The van der Waals surface area contributed by atoms with Gasteiger partial charge in [0.15, 0.2) is 10.4 Å². The van der Waals surface area contributed by atoms with Crippen LogP contribution in [0.15, 0.2) is 63.0 Å². The fourth-order valence-electron chi connectivity index (χ4n) is 2.22. The van der Waals surface area contributed by atoms with E-state index in [0.717, 1.165) is 6.42 Å². The zero-order valence-corrected chi connectivity index (χ0v) is 15.5. The number of furan rings is 1. The number of halogens is 1. The molecule has 25 heavy (non-hydrogen) atoms. The number of hydrogen-bond acceptors (Lipinski definition) is 4. The number of amides is 2. The van der Waals surface area contributed by atoms with Crippen molar-refractivity contribution < 1.29 is 14.0 Å². The van der Waals surface area contributed by atoms with E-state index in [9.17, 15) is 9.59 Å². The highest BCUT2D eigenvalue weighted by Gasteiger charge is 2.12. The molecular formula is C18H15BrN2O3S. The highest BCUT2D eigenvalue weighted by atomic mass is 79.9. The standard InChI is InChI=1S/C18H15BrN2O3S/c19-16-7-6-15(24-16)18(23)21-13-4-1-3-12(11-13)17(22)20-9-8-14-5-2-10-25-14/h1-7,10-11H,8-9H2,(H,20,22)(H,21,23). The first kappa shape index (κ1) is 17.4. The summed E-state index contributed by atoms with van der Waals surface area (Å²) in [6.07, 6.45) is 0.799. The Morgan fingerprint density at radius 3 is 2.68 bits per heavy atom. The van der Waals surface area contributed by atoms with Crippen LogP contribution < -0.4 is 10.6 Å². The van der Waals surface area contributed by atoms with Gasteiger partial charge in [0.1, 0.15) is 0 Å². The minimum Gasteiger partial charge on any atom is -0.444 e. The first-order valence-corrected chi connectivity index (χ1v) is 9.26. The van der Waals surface area contributed by atoms with Gasteiger partial charge in [-0.3, -0.25) is 9.59 Å². The smallest absolute Gasteiger partial charge is 0.291 e. The van der Waals surface area contributed by atoms with E-state index in [4.69, 9.17) is 4.42 Å².